The van der Waals surface area contributed by atoms with Crippen LogP contribution in [0, 0.1) is 13.8 Å². The number of rotatable bonds is 9. The Balaban J connectivity index is 1.80. The van der Waals surface area contributed by atoms with Gasteiger partial charge in [0.15, 0.2) is 0 Å². The lowest BCUT2D eigenvalue weighted by Gasteiger charge is -2.15. The van der Waals surface area contributed by atoms with Crippen molar-refractivity contribution in [3.8, 4) is 0 Å². The maximum absolute atomic E-state index is 12.2. The highest BCUT2D eigenvalue weighted by molar-refractivity contribution is 5.78. The van der Waals surface area contributed by atoms with Crippen molar-refractivity contribution < 1.29 is 14.7 Å². The minimum atomic E-state index is -0.897. The van der Waals surface area contributed by atoms with Crippen LogP contribution in [0.15, 0.2) is 36.4 Å². The van der Waals surface area contributed by atoms with E-state index in [0.717, 1.165) is 29.9 Å². The van der Waals surface area contributed by atoms with Gasteiger partial charge in [0.05, 0.1) is 12.1 Å². The lowest BCUT2D eigenvalue weighted by molar-refractivity contribution is -0.137. The maximum Gasteiger partial charge on any atom is 0.303 e. The molecule has 1 atom stereocenters. The Kier molecular flexibility index (Phi) is 6.74. The van der Waals surface area contributed by atoms with E-state index < -0.39 is 5.97 Å². The largest absolute Gasteiger partial charge is 0.481 e. The summed E-state index contributed by atoms with van der Waals surface area (Å²) >= 11 is 0. The first-order valence-corrected chi connectivity index (χ1v) is 8.50. The molecule has 2 aromatic rings. The normalized spacial score (nSPS) is 11.9. The summed E-state index contributed by atoms with van der Waals surface area (Å²) in [7, 11) is 0. The summed E-state index contributed by atoms with van der Waals surface area (Å²) in [6.45, 7) is 5.26. The standard InChI is InChI=1S/C19H25N3O3/c1-14-11-15(2)22(21-14)10-6-9-20-18(23)12-17(13-19(24)25)16-7-4-3-5-8-16/h3-5,7-8,11,17H,6,9-10,12-13H2,1-2H3,(H,20,23)(H,24,25)/t17-/m1/s1. The number of aliphatic carboxylic acids is 1. The second-order valence-corrected chi connectivity index (χ2v) is 6.26. The number of aromatic nitrogens is 2. The molecule has 0 bridgehead atoms. The number of nitrogens with one attached hydrogen (secondary N) is 1. The number of nitrogens with zero attached hydrogens (tertiary/aromatic N) is 2. The van der Waals surface area contributed by atoms with E-state index in [2.05, 4.69) is 10.4 Å². The SMILES string of the molecule is Cc1cc(C)n(CCCNC(=O)C[C@H](CC(=O)O)c2ccccc2)n1. The van der Waals surface area contributed by atoms with Gasteiger partial charge in [-0.15, -0.1) is 0 Å². The van der Waals surface area contributed by atoms with Crippen molar-refractivity contribution >= 4 is 11.9 Å². The summed E-state index contributed by atoms with van der Waals surface area (Å²) in [6, 6.07) is 11.3. The molecule has 1 aromatic carbocycles. The summed E-state index contributed by atoms with van der Waals surface area (Å²) in [4.78, 5) is 23.2. The Bertz CT molecular complexity index is 710. The molecule has 0 aliphatic heterocycles. The molecule has 0 unspecified atom stereocenters. The second kappa shape index (κ2) is 9.01. The smallest absolute Gasteiger partial charge is 0.303 e. The van der Waals surface area contributed by atoms with E-state index in [1.54, 1.807) is 0 Å². The van der Waals surface area contributed by atoms with E-state index in [0.29, 0.717) is 6.54 Å². The molecule has 0 radical (unpaired) electrons. The van der Waals surface area contributed by atoms with Gasteiger partial charge < -0.3 is 10.4 Å². The topological polar surface area (TPSA) is 84.2 Å². The minimum Gasteiger partial charge on any atom is -0.481 e. The molecule has 134 valence electrons. The van der Waals surface area contributed by atoms with Crippen molar-refractivity contribution in [3.05, 3.63) is 53.3 Å². The summed E-state index contributed by atoms with van der Waals surface area (Å²) < 4.78 is 1.93. The van der Waals surface area contributed by atoms with E-state index >= 15 is 0 Å². The van der Waals surface area contributed by atoms with Crippen LogP contribution < -0.4 is 5.32 Å². The monoisotopic (exact) mass is 343 g/mol. The van der Waals surface area contributed by atoms with Crippen LogP contribution in [0.1, 0.15) is 42.1 Å². The van der Waals surface area contributed by atoms with Gasteiger partial charge in [0.2, 0.25) is 5.91 Å². The van der Waals surface area contributed by atoms with Crippen LogP contribution in [0.3, 0.4) is 0 Å². The Morgan fingerprint density at radius 1 is 1.20 bits per heavy atom. The van der Waals surface area contributed by atoms with Crippen molar-refractivity contribution in [1.82, 2.24) is 15.1 Å². The van der Waals surface area contributed by atoms with E-state index in [1.807, 2.05) is 54.9 Å². The quantitative estimate of drug-likeness (QED) is 0.686. The van der Waals surface area contributed by atoms with E-state index in [1.165, 1.54) is 0 Å². The van der Waals surface area contributed by atoms with Crippen molar-refractivity contribution in [2.45, 2.75) is 45.6 Å². The van der Waals surface area contributed by atoms with Crippen LogP contribution in [0.5, 0.6) is 0 Å². The van der Waals surface area contributed by atoms with Crippen LogP contribution in [0.25, 0.3) is 0 Å². The number of carboxylic acid groups (broad SMARTS) is 1. The fraction of sp³-hybridized carbons (Fsp3) is 0.421. The Morgan fingerprint density at radius 3 is 2.52 bits per heavy atom. The lowest BCUT2D eigenvalue weighted by atomic mass is 9.92. The predicted molar refractivity (Wildman–Crippen MR) is 95.4 cm³/mol. The lowest BCUT2D eigenvalue weighted by Crippen LogP contribution is -2.27. The molecule has 2 rings (SSSR count). The molecule has 0 fully saturated rings. The van der Waals surface area contributed by atoms with Gasteiger partial charge in [-0.05, 0) is 31.9 Å². The van der Waals surface area contributed by atoms with E-state index in [4.69, 9.17) is 5.11 Å². The number of benzene rings is 1. The average molecular weight is 343 g/mol. The van der Waals surface area contributed by atoms with Crippen molar-refractivity contribution in [1.29, 1.82) is 0 Å². The first kappa shape index (κ1) is 18.7. The van der Waals surface area contributed by atoms with Gasteiger partial charge in [-0.2, -0.15) is 5.10 Å². The zero-order valence-corrected chi connectivity index (χ0v) is 14.7. The van der Waals surface area contributed by atoms with Gasteiger partial charge in [0, 0.05) is 31.1 Å². The zero-order valence-electron chi connectivity index (χ0n) is 14.7. The molecule has 6 heteroatoms. The highest BCUT2D eigenvalue weighted by Crippen LogP contribution is 2.23. The summed E-state index contributed by atoms with van der Waals surface area (Å²) in [5, 5.41) is 16.4. The molecule has 1 heterocycles. The number of amides is 1. The third-order valence-corrected chi connectivity index (χ3v) is 4.10. The Labute approximate surface area is 147 Å². The molecule has 0 saturated carbocycles. The third-order valence-electron chi connectivity index (χ3n) is 4.10. The zero-order chi connectivity index (χ0) is 18.2. The highest BCUT2D eigenvalue weighted by atomic mass is 16.4. The number of carbonyl (C=O) groups excluding carboxylic acids is 1. The minimum absolute atomic E-state index is 0.0524. The van der Waals surface area contributed by atoms with E-state index in [-0.39, 0.29) is 24.7 Å². The van der Waals surface area contributed by atoms with Gasteiger partial charge in [0.1, 0.15) is 0 Å². The number of carbonyl (C=O) groups is 2. The summed E-state index contributed by atoms with van der Waals surface area (Å²) in [5.41, 5.74) is 2.97. The van der Waals surface area contributed by atoms with Crippen molar-refractivity contribution in [3.63, 3.8) is 0 Å². The molecule has 0 aliphatic carbocycles. The molecule has 0 aliphatic rings. The highest BCUT2D eigenvalue weighted by Gasteiger charge is 2.19. The molecule has 2 N–H and O–H groups in total. The van der Waals surface area contributed by atoms with Gasteiger partial charge in [-0.1, -0.05) is 30.3 Å². The van der Waals surface area contributed by atoms with Crippen molar-refractivity contribution in [2.24, 2.45) is 0 Å². The fourth-order valence-corrected chi connectivity index (χ4v) is 2.90. The number of aryl methyl sites for hydroxylation is 3. The summed E-state index contributed by atoms with van der Waals surface area (Å²) in [5.74, 6) is -1.33. The van der Waals surface area contributed by atoms with Crippen LogP contribution in [0.4, 0.5) is 0 Å². The first-order valence-electron chi connectivity index (χ1n) is 8.50. The van der Waals surface area contributed by atoms with Gasteiger partial charge >= 0.3 is 5.97 Å². The number of carboxylic acids is 1. The molecule has 25 heavy (non-hydrogen) atoms. The first-order chi connectivity index (χ1) is 12.0. The van der Waals surface area contributed by atoms with Gasteiger partial charge in [0.25, 0.3) is 0 Å². The van der Waals surface area contributed by atoms with Crippen molar-refractivity contribution in [2.75, 3.05) is 6.54 Å². The predicted octanol–water partition coefficient (Wildman–Crippen LogP) is 2.65. The van der Waals surface area contributed by atoms with Gasteiger partial charge in [-0.25, -0.2) is 0 Å². The third kappa shape index (κ3) is 6.06. The van der Waals surface area contributed by atoms with E-state index in [9.17, 15) is 9.59 Å². The number of hydrogen-bond acceptors (Lipinski definition) is 3. The average Bonchev–Trinajstić information content (AvgIpc) is 2.89. The van der Waals surface area contributed by atoms with Crippen LogP contribution in [-0.2, 0) is 16.1 Å². The Morgan fingerprint density at radius 2 is 1.92 bits per heavy atom. The molecule has 1 aromatic heterocycles. The number of hydrogen-bond donors (Lipinski definition) is 2. The fourth-order valence-electron chi connectivity index (χ4n) is 2.90. The second-order valence-electron chi connectivity index (χ2n) is 6.26. The summed E-state index contributed by atoms with van der Waals surface area (Å²) in [6.07, 6.45) is 0.905. The Hall–Kier alpha value is -2.63. The molecular formula is C19H25N3O3. The van der Waals surface area contributed by atoms with Crippen LogP contribution in [0.2, 0.25) is 0 Å². The van der Waals surface area contributed by atoms with Gasteiger partial charge in [-0.3, -0.25) is 14.3 Å². The molecular weight excluding hydrogens is 318 g/mol. The molecule has 6 nitrogen and oxygen atoms in total. The molecule has 1 amide bonds. The molecule has 0 spiro atoms. The maximum atomic E-state index is 12.2. The van der Waals surface area contributed by atoms with Crippen LogP contribution >= 0.6 is 0 Å². The molecule has 0 saturated heterocycles. The van der Waals surface area contributed by atoms with Crippen LogP contribution in [-0.4, -0.2) is 33.3 Å².